The molecule has 0 rings (SSSR count). The predicted molar refractivity (Wildman–Crippen MR) is 73.9 cm³/mol. The largest absolute Gasteiger partial charge is 0.315 e. The zero-order valence-corrected chi connectivity index (χ0v) is 12.2. The Hall–Kier alpha value is -0.0800. The van der Waals surface area contributed by atoms with Crippen molar-refractivity contribution in [2.24, 2.45) is 11.8 Å². The van der Waals surface area contributed by atoms with Crippen molar-refractivity contribution in [3.8, 4) is 0 Å². The third-order valence-corrected chi connectivity index (χ3v) is 3.11. The van der Waals surface area contributed by atoms with E-state index in [9.17, 15) is 0 Å². The Balaban J connectivity index is 3.95. The van der Waals surface area contributed by atoms with Gasteiger partial charge in [0.15, 0.2) is 0 Å². The van der Waals surface area contributed by atoms with Gasteiger partial charge in [-0.2, -0.15) is 0 Å². The zero-order valence-electron chi connectivity index (χ0n) is 12.2. The molecule has 0 aliphatic carbocycles. The lowest BCUT2D eigenvalue weighted by Gasteiger charge is -2.31. The highest BCUT2D eigenvalue weighted by Crippen LogP contribution is 2.09. The summed E-state index contributed by atoms with van der Waals surface area (Å²) in [5, 5.41) is 3.58. The van der Waals surface area contributed by atoms with Crippen LogP contribution in [0.2, 0.25) is 0 Å². The number of rotatable bonds is 9. The van der Waals surface area contributed by atoms with Gasteiger partial charge in [-0.3, -0.25) is 0 Å². The van der Waals surface area contributed by atoms with Gasteiger partial charge in [-0.05, 0) is 38.4 Å². The molecule has 0 saturated carbocycles. The fourth-order valence-corrected chi connectivity index (χ4v) is 1.99. The Labute approximate surface area is 103 Å². The topological polar surface area (TPSA) is 15.3 Å². The Morgan fingerprint density at radius 3 is 2.12 bits per heavy atom. The van der Waals surface area contributed by atoms with Crippen LogP contribution in [0.15, 0.2) is 0 Å². The van der Waals surface area contributed by atoms with E-state index >= 15 is 0 Å². The molecule has 0 amide bonds. The van der Waals surface area contributed by atoms with E-state index in [0.29, 0.717) is 6.04 Å². The summed E-state index contributed by atoms with van der Waals surface area (Å²) in [6.45, 7) is 14.9. The number of likely N-dealkylation sites (N-methyl/N-ethyl adjacent to an activating group) is 1. The summed E-state index contributed by atoms with van der Waals surface area (Å²) >= 11 is 0. The van der Waals surface area contributed by atoms with Crippen molar-refractivity contribution >= 4 is 0 Å². The van der Waals surface area contributed by atoms with Crippen LogP contribution in [0.5, 0.6) is 0 Å². The van der Waals surface area contributed by atoms with Crippen molar-refractivity contribution in [3.63, 3.8) is 0 Å². The Morgan fingerprint density at radius 1 is 1.06 bits per heavy atom. The fourth-order valence-electron chi connectivity index (χ4n) is 1.99. The first-order valence-electron chi connectivity index (χ1n) is 6.90. The number of nitrogens with one attached hydrogen (secondary N) is 1. The fraction of sp³-hybridized carbons (Fsp3) is 1.00. The second-order valence-electron chi connectivity index (χ2n) is 5.70. The Morgan fingerprint density at radius 2 is 1.69 bits per heavy atom. The minimum Gasteiger partial charge on any atom is -0.315 e. The average Bonchev–Trinajstić information content (AvgIpc) is 2.20. The summed E-state index contributed by atoms with van der Waals surface area (Å²) in [6.07, 6.45) is 2.60. The van der Waals surface area contributed by atoms with Crippen LogP contribution in [0.4, 0.5) is 0 Å². The molecule has 0 aliphatic rings. The molecular formula is C14H32N2. The van der Waals surface area contributed by atoms with Crippen LogP contribution < -0.4 is 5.32 Å². The molecule has 0 aromatic carbocycles. The van der Waals surface area contributed by atoms with E-state index in [1.807, 2.05) is 0 Å². The minimum absolute atomic E-state index is 0.672. The zero-order chi connectivity index (χ0) is 12.6. The van der Waals surface area contributed by atoms with E-state index in [1.54, 1.807) is 0 Å². The third kappa shape index (κ3) is 7.24. The lowest BCUT2D eigenvalue weighted by molar-refractivity contribution is 0.183. The van der Waals surface area contributed by atoms with Crippen molar-refractivity contribution in [1.82, 2.24) is 10.2 Å². The first-order valence-corrected chi connectivity index (χ1v) is 6.90. The standard InChI is InChI=1S/C14H32N2/c1-7-8-9-16(6)14(13(4)5)11-15-10-12(2)3/h12-15H,7-11H2,1-6H3. The van der Waals surface area contributed by atoms with Gasteiger partial charge in [-0.25, -0.2) is 0 Å². The third-order valence-electron chi connectivity index (χ3n) is 3.11. The molecule has 0 heterocycles. The first-order chi connectivity index (χ1) is 7.49. The van der Waals surface area contributed by atoms with Crippen molar-refractivity contribution in [2.45, 2.75) is 53.5 Å². The SMILES string of the molecule is CCCCN(C)C(CNCC(C)C)C(C)C. The van der Waals surface area contributed by atoms with E-state index in [0.717, 1.165) is 24.9 Å². The second kappa shape index (κ2) is 9.00. The van der Waals surface area contributed by atoms with Crippen molar-refractivity contribution in [3.05, 3.63) is 0 Å². The molecule has 1 atom stereocenters. The van der Waals surface area contributed by atoms with Crippen LogP contribution >= 0.6 is 0 Å². The maximum absolute atomic E-state index is 3.58. The molecule has 0 spiro atoms. The molecule has 1 N–H and O–H groups in total. The van der Waals surface area contributed by atoms with E-state index < -0.39 is 0 Å². The highest BCUT2D eigenvalue weighted by molar-refractivity contribution is 4.75. The van der Waals surface area contributed by atoms with E-state index in [2.05, 4.69) is 51.9 Å². The van der Waals surface area contributed by atoms with E-state index in [4.69, 9.17) is 0 Å². The molecular weight excluding hydrogens is 196 g/mol. The van der Waals surface area contributed by atoms with Crippen LogP contribution in [-0.4, -0.2) is 37.6 Å². The summed E-state index contributed by atoms with van der Waals surface area (Å²) in [6, 6.07) is 0.672. The molecule has 0 bridgehead atoms. The molecule has 0 fully saturated rings. The lowest BCUT2D eigenvalue weighted by Crippen LogP contribution is -2.44. The summed E-state index contributed by atoms with van der Waals surface area (Å²) in [4.78, 5) is 2.52. The van der Waals surface area contributed by atoms with Crippen molar-refractivity contribution in [2.75, 3.05) is 26.7 Å². The molecule has 2 heteroatoms. The highest BCUT2D eigenvalue weighted by Gasteiger charge is 2.17. The molecule has 16 heavy (non-hydrogen) atoms. The monoisotopic (exact) mass is 228 g/mol. The van der Waals surface area contributed by atoms with Crippen LogP contribution in [0.3, 0.4) is 0 Å². The molecule has 0 aliphatic heterocycles. The maximum atomic E-state index is 3.58. The number of nitrogens with zero attached hydrogens (tertiary/aromatic N) is 1. The van der Waals surface area contributed by atoms with Gasteiger partial charge in [0.2, 0.25) is 0 Å². The van der Waals surface area contributed by atoms with Gasteiger partial charge >= 0.3 is 0 Å². The molecule has 2 nitrogen and oxygen atoms in total. The summed E-state index contributed by atoms with van der Waals surface area (Å²) in [5.74, 6) is 1.47. The predicted octanol–water partition coefficient (Wildman–Crippen LogP) is 2.99. The highest BCUT2D eigenvalue weighted by atomic mass is 15.1. The van der Waals surface area contributed by atoms with Crippen LogP contribution in [0, 0.1) is 11.8 Å². The normalized spacial score (nSPS) is 14.1. The molecule has 0 radical (unpaired) electrons. The Kier molecular flexibility index (Phi) is 8.96. The summed E-state index contributed by atoms with van der Waals surface area (Å²) in [7, 11) is 2.26. The molecule has 0 aromatic heterocycles. The molecule has 0 aromatic rings. The van der Waals surface area contributed by atoms with E-state index in [-0.39, 0.29) is 0 Å². The van der Waals surface area contributed by atoms with Crippen LogP contribution in [0.25, 0.3) is 0 Å². The summed E-state index contributed by atoms with van der Waals surface area (Å²) in [5.41, 5.74) is 0. The maximum Gasteiger partial charge on any atom is 0.0240 e. The second-order valence-corrected chi connectivity index (χ2v) is 5.70. The first kappa shape index (κ1) is 15.9. The molecule has 1 unspecified atom stereocenters. The Bertz CT molecular complexity index is 155. The smallest absolute Gasteiger partial charge is 0.0240 e. The van der Waals surface area contributed by atoms with Crippen LogP contribution in [-0.2, 0) is 0 Å². The van der Waals surface area contributed by atoms with Gasteiger partial charge in [0, 0.05) is 12.6 Å². The van der Waals surface area contributed by atoms with Gasteiger partial charge in [-0.15, -0.1) is 0 Å². The average molecular weight is 228 g/mol. The van der Waals surface area contributed by atoms with Crippen LogP contribution in [0.1, 0.15) is 47.5 Å². The molecule has 98 valence electrons. The van der Waals surface area contributed by atoms with Crippen molar-refractivity contribution in [1.29, 1.82) is 0 Å². The van der Waals surface area contributed by atoms with Gasteiger partial charge in [-0.1, -0.05) is 41.0 Å². The van der Waals surface area contributed by atoms with Crippen molar-refractivity contribution < 1.29 is 0 Å². The summed E-state index contributed by atoms with van der Waals surface area (Å²) < 4.78 is 0. The van der Waals surface area contributed by atoms with Gasteiger partial charge in [0.05, 0.1) is 0 Å². The number of hydrogen-bond acceptors (Lipinski definition) is 2. The number of unbranched alkanes of at least 4 members (excludes halogenated alkanes) is 1. The quantitative estimate of drug-likeness (QED) is 0.652. The van der Waals surface area contributed by atoms with E-state index in [1.165, 1.54) is 19.4 Å². The minimum atomic E-state index is 0.672. The number of hydrogen-bond donors (Lipinski definition) is 1. The molecule has 0 saturated heterocycles. The van der Waals surface area contributed by atoms with Gasteiger partial charge < -0.3 is 10.2 Å². The lowest BCUT2D eigenvalue weighted by atomic mass is 10.0. The van der Waals surface area contributed by atoms with Gasteiger partial charge in [0.25, 0.3) is 0 Å². The van der Waals surface area contributed by atoms with Gasteiger partial charge in [0.1, 0.15) is 0 Å².